The number of benzene rings is 1. The van der Waals surface area contributed by atoms with Crippen LogP contribution in [0.1, 0.15) is 6.23 Å². The van der Waals surface area contributed by atoms with Crippen LogP contribution in [0.5, 0.6) is 0 Å². The molecule has 1 aromatic heterocycles. The van der Waals surface area contributed by atoms with Crippen LogP contribution in [-0.2, 0) is 4.74 Å². The summed E-state index contributed by atoms with van der Waals surface area (Å²) < 4.78 is 21.1. The van der Waals surface area contributed by atoms with Crippen molar-refractivity contribution in [3.63, 3.8) is 0 Å². The van der Waals surface area contributed by atoms with Gasteiger partial charge in [-0.05, 0) is 0 Å². The topological polar surface area (TPSA) is 74.9 Å². The predicted molar refractivity (Wildman–Crippen MR) is 75.7 cm³/mol. The second-order valence-electron chi connectivity index (χ2n) is 4.96. The van der Waals surface area contributed by atoms with Crippen molar-refractivity contribution in [3.8, 4) is 0 Å². The number of rotatable bonds is 2. The third-order valence-corrected chi connectivity index (χ3v) is 4.12. The quantitative estimate of drug-likeness (QED) is 0.725. The van der Waals surface area contributed by atoms with Crippen molar-refractivity contribution >= 4 is 23.0 Å². The van der Waals surface area contributed by atoms with Gasteiger partial charge in [-0.2, -0.15) is 0 Å². The summed E-state index contributed by atoms with van der Waals surface area (Å²) in [7, 11) is 0. The molecule has 1 aromatic carbocycles. The van der Waals surface area contributed by atoms with E-state index in [0.717, 1.165) is 6.20 Å². The van der Waals surface area contributed by atoms with Crippen LogP contribution in [0.25, 0.3) is 10.8 Å². The number of aliphatic hydroxyl groups is 3. The van der Waals surface area contributed by atoms with E-state index in [0.29, 0.717) is 15.4 Å². The summed E-state index contributed by atoms with van der Waals surface area (Å²) in [5, 5.41) is 29.8. The molecule has 2 unspecified atom stereocenters. The highest BCUT2D eigenvalue weighted by molar-refractivity contribution is 7.71. The summed E-state index contributed by atoms with van der Waals surface area (Å²) in [5.74, 6) is -0.503. The van der Waals surface area contributed by atoms with Crippen molar-refractivity contribution in [2.75, 3.05) is 6.61 Å². The molecule has 0 saturated carbocycles. The average molecular weight is 311 g/mol. The molecule has 4 atom stereocenters. The number of halogens is 1. The van der Waals surface area contributed by atoms with Crippen molar-refractivity contribution in [1.82, 2.24) is 4.57 Å². The Labute approximate surface area is 124 Å². The zero-order valence-electron chi connectivity index (χ0n) is 10.9. The van der Waals surface area contributed by atoms with E-state index in [-0.39, 0.29) is 0 Å². The normalized spacial score (nSPS) is 29.1. The van der Waals surface area contributed by atoms with Crippen molar-refractivity contribution in [3.05, 3.63) is 40.9 Å². The van der Waals surface area contributed by atoms with Crippen LogP contribution in [0.15, 0.2) is 30.5 Å². The van der Waals surface area contributed by atoms with Gasteiger partial charge in [0.25, 0.3) is 0 Å². The van der Waals surface area contributed by atoms with Gasteiger partial charge < -0.3 is 24.6 Å². The molecule has 3 rings (SSSR count). The van der Waals surface area contributed by atoms with Gasteiger partial charge in [0.05, 0.1) is 6.61 Å². The van der Waals surface area contributed by atoms with Gasteiger partial charge in [0, 0.05) is 17.0 Å². The second-order valence-corrected chi connectivity index (χ2v) is 5.35. The molecule has 1 aliphatic rings. The number of fused-ring (bicyclic) bond motifs is 1. The standard InChI is InChI=1S/C14H14FNO4S/c15-9-5-16(13-12(19)11(18)10(6-17)20-13)14(21)8-4-2-1-3-7(8)9/h1-5,10-13,17-19H,6H2/t10-,11?,12?,13-/m1/s1. The number of hydrogen-bond acceptors (Lipinski definition) is 5. The van der Waals surface area contributed by atoms with E-state index in [1.807, 2.05) is 0 Å². The molecule has 7 heteroatoms. The summed E-state index contributed by atoms with van der Waals surface area (Å²) in [6.07, 6.45) is -3.37. The molecule has 0 aliphatic carbocycles. The minimum absolute atomic E-state index is 0.293. The molecule has 0 amide bonds. The highest BCUT2D eigenvalue weighted by Crippen LogP contribution is 2.31. The fourth-order valence-electron chi connectivity index (χ4n) is 2.57. The van der Waals surface area contributed by atoms with Crippen molar-refractivity contribution in [1.29, 1.82) is 0 Å². The first-order chi connectivity index (χ1) is 10.0. The maximum atomic E-state index is 14.2. The number of aromatic nitrogens is 1. The fourth-order valence-corrected chi connectivity index (χ4v) is 2.90. The molecule has 5 nitrogen and oxygen atoms in total. The van der Waals surface area contributed by atoms with Crippen LogP contribution in [0.2, 0.25) is 0 Å². The predicted octanol–water partition coefficient (Wildman–Crippen LogP) is 1.12. The number of nitrogens with zero attached hydrogens (tertiary/aromatic N) is 1. The van der Waals surface area contributed by atoms with Crippen molar-refractivity contribution in [2.45, 2.75) is 24.5 Å². The Hall–Kier alpha value is -1.38. The molecule has 1 saturated heterocycles. The van der Waals surface area contributed by atoms with E-state index in [4.69, 9.17) is 22.1 Å². The smallest absolute Gasteiger partial charge is 0.164 e. The average Bonchev–Trinajstić information content (AvgIpc) is 2.79. The number of aliphatic hydroxyl groups excluding tert-OH is 3. The monoisotopic (exact) mass is 311 g/mol. The Balaban J connectivity index is 2.14. The summed E-state index contributed by atoms with van der Waals surface area (Å²) in [6, 6.07) is 6.73. The summed E-state index contributed by atoms with van der Waals surface area (Å²) in [6.45, 7) is -0.446. The molecule has 0 spiro atoms. The first kappa shape index (κ1) is 14.6. The Morgan fingerprint density at radius 1 is 1.19 bits per heavy atom. The lowest BCUT2D eigenvalue weighted by molar-refractivity contribution is -0.0537. The highest BCUT2D eigenvalue weighted by atomic mass is 32.1. The number of hydrogen-bond donors (Lipinski definition) is 3. The summed E-state index contributed by atoms with van der Waals surface area (Å²) in [5.41, 5.74) is 0. The van der Waals surface area contributed by atoms with Crippen LogP contribution in [0.4, 0.5) is 4.39 Å². The zero-order chi connectivity index (χ0) is 15.1. The van der Waals surface area contributed by atoms with E-state index in [1.54, 1.807) is 24.3 Å². The molecule has 2 heterocycles. The van der Waals surface area contributed by atoms with Crippen molar-refractivity contribution in [2.24, 2.45) is 0 Å². The number of pyridine rings is 1. The molecule has 1 aliphatic heterocycles. The van der Waals surface area contributed by atoms with Gasteiger partial charge in [-0.15, -0.1) is 0 Å². The first-order valence-corrected chi connectivity index (χ1v) is 6.87. The molecule has 3 N–H and O–H groups in total. The third-order valence-electron chi connectivity index (χ3n) is 3.69. The maximum Gasteiger partial charge on any atom is 0.164 e. The van der Waals surface area contributed by atoms with Crippen LogP contribution in [0.3, 0.4) is 0 Å². The third kappa shape index (κ3) is 2.27. The molecular formula is C14H14FNO4S. The van der Waals surface area contributed by atoms with E-state index in [9.17, 15) is 14.6 Å². The van der Waals surface area contributed by atoms with Gasteiger partial charge in [0.15, 0.2) is 6.23 Å². The van der Waals surface area contributed by atoms with Crippen LogP contribution in [0, 0.1) is 10.5 Å². The Bertz CT molecular complexity index is 734. The molecule has 0 radical (unpaired) electrons. The van der Waals surface area contributed by atoms with E-state index in [2.05, 4.69) is 0 Å². The molecule has 0 bridgehead atoms. The lowest BCUT2D eigenvalue weighted by Gasteiger charge is -2.20. The van der Waals surface area contributed by atoms with E-state index < -0.39 is 37.0 Å². The fraction of sp³-hybridized carbons (Fsp3) is 0.357. The molecule has 21 heavy (non-hydrogen) atoms. The van der Waals surface area contributed by atoms with Crippen LogP contribution in [-0.4, -0.2) is 44.8 Å². The highest BCUT2D eigenvalue weighted by Gasteiger charge is 2.43. The van der Waals surface area contributed by atoms with E-state index in [1.165, 1.54) is 4.57 Å². The molecule has 2 aromatic rings. The maximum absolute atomic E-state index is 14.2. The number of ether oxygens (including phenoxy) is 1. The first-order valence-electron chi connectivity index (χ1n) is 6.46. The molecule has 112 valence electrons. The van der Waals surface area contributed by atoms with Crippen LogP contribution < -0.4 is 0 Å². The largest absolute Gasteiger partial charge is 0.394 e. The summed E-state index contributed by atoms with van der Waals surface area (Å²) in [4.78, 5) is 0. The summed E-state index contributed by atoms with van der Waals surface area (Å²) >= 11 is 5.32. The van der Waals surface area contributed by atoms with Gasteiger partial charge >= 0.3 is 0 Å². The Morgan fingerprint density at radius 3 is 2.48 bits per heavy atom. The Kier molecular flexibility index (Phi) is 3.76. The van der Waals surface area contributed by atoms with Gasteiger partial charge in [0.2, 0.25) is 0 Å². The van der Waals surface area contributed by atoms with E-state index >= 15 is 0 Å². The van der Waals surface area contributed by atoms with Gasteiger partial charge in [-0.3, -0.25) is 0 Å². The van der Waals surface area contributed by atoms with Crippen LogP contribution >= 0.6 is 12.2 Å². The van der Waals surface area contributed by atoms with Gasteiger partial charge in [-0.1, -0.05) is 36.5 Å². The van der Waals surface area contributed by atoms with Crippen molar-refractivity contribution < 1.29 is 24.4 Å². The minimum Gasteiger partial charge on any atom is -0.394 e. The zero-order valence-corrected chi connectivity index (χ0v) is 11.7. The SMILES string of the molecule is OC[C@H]1O[C@@H](n2cc(F)c3ccccc3c2=S)C(O)C1O. The lowest BCUT2D eigenvalue weighted by Crippen LogP contribution is -2.33. The Morgan fingerprint density at radius 2 is 1.86 bits per heavy atom. The minimum atomic E-state index is -1.30. The molecular weight excluding hydrogens is 297 g/mol. The lowest BCUT2D eigenvalue weighted by atomic mass is 10.1. The second kappa shape index (κ2) is 5.43. The van der Waals surface area contributed by atoms with Gasteiger partial charge in [-0.25, -0.2) is 4.39 Å². The van der Waals surface area contributed by atoms with Gasteiger partial charge in [0.1, 0.15) is 28.8 Å². The molecule has 1 fully saturated rings.